The van der Waals surface area contributed by atoms with Crippen molar-refractivity contribution in [3.05, 3.63) is 44.8 Å². The second-order valence-corrected chi connectivity index (χ2v) is 3.57. The Hall–Kier alpha value is -2.11. The van der Waals surface area contributed by atoms with E-state index in [1.807, 2.05) is 6.92 Å². The summed E-state index contributed by atoms with van der Waals surface area (Å²) in [4.78, 5) is 36.1. The number of hydrogen-bond donors (Lipinski definition) is 1. The molecule has 1 aromatic rings. The van der Waals surface area contributed by atoms with Gasteiger partial charge in [0.1, 0.15) is 0 Å². The minimum Gasteiger partial charge on any atom is -0.463 e. The summed E-state index contributed by atoms with van der Waals surface area (Å²) in [6.45, 7) is 4.06. The summed E-state index contributed by atoms with van der Waals surface area (Å²) in [5.41, 5.74) is -0.335. The molecule has 0 saturated carbocycles. The van der Waals surface area contributed by atoms with E-state index in [0.29, 0.717) is 18.6 Å². The fourth-order valence-electron chi connectivity index (χ4n) is 1.39. The Morgan fingerprint density at radius 2 is 2.17 bits per heavy atom. The lowest BCUT2D eigenvalue weighted by molar-refractivity contribution is -0.137. The number of carbonyl (C=O) groups excluding carboxylic acids is 1. The lowest BCUT2D eigenvalue weighted by Gasteiger charge is -2.03. The van der Waals surface area contributed by atoms with Gasteiger partial charge in [-0.2, -0.15) is 0 Å². The van der Waals surface area contributed by atoms with Gasteiger partial charge in [0.15, 0.2) is 0 Å². The average Bonchev–Trinajstić information content (AvgIpc) is 2.32. The van der Waals surface area contributed by atoms with E-state index >= 15 is 0 Å². The Morgan fingerprint density at radius 1 is 1.44 bits per heavy atom. The summed E-state index contributed by atoms with van der Waals surface area (Å²) in [5.74, 6) is -0.453. The summed E-state index contributed by atoms with van der Waals surface area (Å²) >= 11 is 0. The van der Waals surface area contributed by atoms with Crippen molar-refractivity contribution in [1.29, 1.82) is 0 Å². The number of ether oxygens (including phenoxy) is 1. The van der Waals surface area contributed by atoms with Gasteiger partial charge in [0.2, 0.25) is 0 Å². The molecule has 0 atom stereocenters. The molecule has 0 radical (unpaired) electrons. The van der Waals surface area contributed by atoms with E-state index < -0.39 is 11.7 Å². The van der Waals surface area contributed by atoms with Crippen LogP contribution in [0.3, 0.4) is 0 Å². The highest BCUT2D eigenvalue weighted by molar-refractivity contribution is 5.81. The van der Waals surface area contributed by atoms with Gasteiger partial charge in [-0.1, -0.05) is 13.0 Å². The number of hydrogen-bond acceptors (Lipinski definition) is 4. The van der Waals surface area contributed by atoms with Crippen LogP contribution >= 0.6 is 0 Å². The zero-order valence-electron chi connectivity index (χ0n) is 10.4. The fraction of sp³-hybridized carbons (Fsp3) is 0.417. The Balaban J connectivity index is 2.82. The number of rotatable bonds is 5. The molecular weight excluding hydrogens is 236 g/mol. The number of nitrogens with zero attached hydrogens (tertiary/aromatic N) is 1. The number of aromatic nitrogens is 2. The molecule has 0 amide bonds. The summed E-state index contributed by atoms with van der Waals surface area (Å²) in [7, 11) is 0. The maximum atomic E-state index is 11.5. The predicted octanol–water partition coefficient (Wildman–Crippen LogP) is 0.218. The fourth-order valence-corrected chi connectivity index (χ4v) is 1.39. The highest BCUT2D eigenvalue weighted by atomic mass is 16.5. The van der Waals surface area contributed by atoms with Crippen LogP contribution in [-0.2, 0) is 22.5 Å². The third-order valence-electron chi connectivity index (χ3n) is 2.31. The van der Waals surface area contributed by atoms with Gasteiger partial charge >= 0.3 is 11.7 Å². The van der Waals surface area contributed by atoms with Gasteiger partial charge in [0, 0.05) is 24.4 Å². The summed E-state index contributed by atoms with van der Waals surface area (Å²) < 4.78 is 6.03. The molecule has 0 aromatic carbocycles. The summed E-state index contributed by atoms with van der Waals surface area (Å²) in [5, 5.41) is 0. The molecule has 6 nitrogen and oxygen atoms in total. The zero-order chi connectivity index (χ0) is 13.5. The lowest BCUT2D eigenvalue weighted by atomic mass is 10.2. The first-order valence-electron chi connectivity index (χ1n) is 5.74. The molecule has 0 aliphatic rings. The molecule has 1 heterocycles. The first kappa shape index (κ1) is 14.0. The largest absolute Gasteiger partial charge is 0.463 e. The van der Waals surface area contributed by atoms with Crippen LogP contribution in [0.1, 0.15) is 19.4 Å². The molecule has 0 aliphatic heterocycles. The Bertz CT molecular complexity index is 554. The third kappa shape index (κ3) is 3.73. The molecule has 0 unspecified atom stereocenters. The zero-order valence-corrected chi connectivity index (χ0v) is 10.4. The molecule has 0 aliphatic carbocycles. The minimum absolute atomic E-state index is 0.210. The normalized spacial score (nSPS) is 10.8. The van der Waals surface area contributed by atoms with Crippen molar-refractivity contribution < 1.29 is 9.53 Å². The molecule has 1 N–H and O–H groups in total. The van der Waals surface area contributed by atoms with Crippen LogP contribution in [0.2, 0.25) is 0 Å². The monoisotopic (exact) mass is 252 g/mol. The summed E-state index contributed by atoms with van der Waals surface area (Å²) in [6, 6.07) is 0. The average molecular weight is 252 g/mol. The van der Waals surface area contributed by atoms with Gasteiger partial charge in [-0.15, -0.1) is 0 Å². The Morgan fingerprint density at radius 3 is 2.78 bits per heavy atom. The highest BCUT2D eigenvalue weighted by Gasteiger charge is 2.01. The van der Waals surface area contributed by atoms with Crippen LogP contribution in [0.4, 0.5) is 0 Å². The van der Waals surface area contributed by atoms with Crippen molar-refractivity contribution in [1.82, 2.24) is 9.55 Å². The van der Waals surface area contributed by atoms with Gasteiger partial charge in [-0.25, -0.2) is 9.59 Å². The second-order valence-electron chi connectivity index (χ2n) is 3.57. The Kier molecular flexibility index (Phi) is 5.10. The third-order valence-corrected chi connectivity index (χ3v) is 2.31. The first-order chi connectivity index (χ1) is 8.58. The van der Waals surface area contributed by atoms with Gasteiger partial charge in [0.05, 0.1) is 6.61 Å². The van der Waals surface area contributed by atoms with E-state index in [2.05, 4.69) is 4.98 Å². The number of esters is 1. The van der Waals surface area contributed by atoms with Crippen molar-refractivity contribution in [3.8, 4) is 0 Å². The minimum atomic E-state index is -0.495. The van der Waals surface area contributed by atoms with Gasteiger partial charge in [0.25, 0.3) is 5.56 Å². The van der Waals surface area contributed by atoms with E-state index in [4.69, 9.17) is 4.74 Å². The standard InChI is InChI=1S/C12H16N2O4/c1-3-9-8-14(12(17)13-11(9)16)7-5-6-10(15)18-4-2/h5-6,8H,3-4,7H2,1-2H3,(H,13,16,17)/b6-5+. The van der Waals surface area contributed by atoms with Crippen LogP contribution in [-0.4, -0.2) is 22.1 Å². The highest BCUT2D eigenvalue weighted by Crippen LogP contribution is 1.90. The maximum Gasteiger partial charge on any atom is 0.330 e. The van der Waals surface area contributed by atoms with Gasteiger partial charge in [-0.05, 0) is 13.3 Å². The second kappa shape index (κ2) is 6.58. The molecule has 98 valence electrons. The number of aryl methyl sites for hydroxylation is 1. The SMILES string of the molecule is CCOC(=O)/C=C/Cn1cc(CC)c(=O)[nH]c1=O. The number of allylic oxidation sites excluding steroid dienone is 1. The summed E-state index contributed by atoms with van der Waals surface area (Å²) in [6.07, 6.45) is 4.80. The molecule has 0 bridgehead atoms. The molecule has 0 spiro atoms. The van der Waals surface area contributed by atoms with Crippen molar-refractivity contribution in [2.24, 2.45) is 0 Å². The van der Waals surface area contributed by atoms with Crippen LogP contribution in [0.5, 0.6) is 0 Å². The van der Waals surface area contributed by atoms with Crippen LogP contribution < -0.4 is 11.2 Å². The van der Waals surface area contributed by atoms with E-state index in [-0.39, 0.29) is 12.1 Å². The molecule has 0 saturated heterocycles. The first-order valence-corrected chi connectivity index (χ1v) is 5.74. The molecule has 0 fully saturated rings. The molecular formula is C12H16N2O4. The van der Waals surface area contributed by atoms with Crippen molar-refractivity contribution in [2.75, 3.05) is 6.61 Å². The predicted molar refractivity (Wildman–Crippen MR) is 66.5 cm³/mol. The molecule has 1 aromatic heterocycles. The van der Waals surface area contributed by atoms with E-state index in [9.17, 15) is 14.4 Å². The van der Waals surface area contributed by atoms with E-state index in [0.717, 1.165) is 0 Å². The van der Waals surface area contributed by atoms with Gasteiger partial charge < -0.3 is 4.74 Å². The number of H-pyrrole nitrogens is 1. The number of nitrogens with one attached hydrogen (secondary N) is 1. The number of aromatic amines is 1. The van der Waals surface area contributed by atoms with Crippen molar-refractivity contribution >= 4 is 5.97 Å². The van der Waals surface area contributed by atoms with Crippen LogP contribution in [0.25, 0.3) is 0 Å². The maximum absolute atomic E-state index is 11.5. The quantitative estimate of drug-likeness (QED) is 0.600. The molecule has 6 heteroatoms. The van der Waals surface area contributed by atoms with Crippen LogP contribution in [0, 0.1) is 0 Å². The van der Waals surface area contributed by atoms with E-state index in [1.165, 1.54) is 22.9 Å². The number of carbonyl (C=O) groups is 1. The molecule has 18 heavy (non-hydrogen) atoms. The smallest absolute Gasteiger partial charge is 0.330 e. The van der Waals surface area contributed by atoms with Crippen LogP contribution in [0.15, 0.2) is 27.9 Å². The van der Waals surface area contributed by atoms with Crippen molar-refractivity contribution in [2.45, 2.75) is 26.8 Å². The topological polar surface area (TPSA) is 81.2 Å². The van der Waals surface area contributed by atoms with Gasteiger partial charge in [-0.3, -0.25) is 14.3 Å². The van der Waals surface area contributed by atoms with E-state index in [1.54, 1.807) is 6.92 Å². The van der Waals surface area contributed by atoms with Crippen molar-refractivity contribution in [3.63, 3.8) is 0 Å². The Labute approximate surface area is 104 Å². The molecule has 1 rings (SSSR count). The lowest BCUT2D eigenvalue weighted by Crippen LogP contribution is -2.31.